The Hall–Kier alpha value is -1.49. The van der Waals surface area contributed by atoms with Crippen LogP contribution in [0.15, 0.2) is 18.2 Å². The van der Waals surface area contributed by atoms with Crippen LogP contribution in [0, 0.1) is 17.0 Å². The molecule has 0 aliphatic heterocycles. The lowest BCUT2D eigenvalue weighted by Gasteiger charge is -2.24. The molecule has 1 aromatic carbocycles. The minimum atomic E-state index is -0.722. The SMILES string of the molecule is CNCC(C)(C)CNC(=O)c1cc(F)ccc1F. The van der Waals surface area contributed by atoms with E-state index in [-0.39, 0.29) is 11.0 Å². The molecule has 0 aliphatic rings. The minimum Gasteiger partial charge on any atom is -0.351 e. The zero-order valence-corrected chi connectivity index (χ0v) is 10.8. The fourth-order valence-corrected chi connectivity index (χ4v) is 1.63. The molecule has 0 heterocycles. The summed E-state index contributed by atoms with van der Waals surface area (Å²) in [5.74, 6) is -1.95. The van der Waals surface area contributed by atoms with E-state index in [2.05, 4.69) is 10.6 Å². The van der Waals surface area contributed by atoms with Crippen LogP contribution in [0.3, 0.4) is 0 Å². The molecule has 100 valence electrons. The molecule has 0 fully saturated rings. The summed E-state index contributed by atoms with van der Waals surface area (Å²) >= 11 is 0. The van der Waals surface area contributed by atoms with Crippen molar-refractivity contribution in [3.8, 4) is 0 Å². The van der Waals surface area contributed by atoms with Crippen molar-refractivity contribution < 1.29 is 13.6 Å². The lowest BCUT2D eigenvalue weighted by atomic mass is 9.93. The normalized spacial score (nSPS) is 11.4. The second-order valence-electron chi connectivity index (χ2n) is 5.00. The average molecular weight is 256 g/mol. The zero-order valence-electron chi connectivity index (χ0n) is 10.8. The van der Waals surface area contributed by atoms with Gasteiger partial charge in [0.2, 0.25) is 0 Å². The van der Waals surface area contributed by atoms with Crippen LogP contribution in [0.4, 0.5) is 8.78 Å². The smallest absolute Gasteiger partial charge is 0.254 e. The van der Waals surface area contributed by atoms with Crippen LogP contribution in [0.1, 0.15) is 24.2 Å². The van der Waals surface area contributed by atoms with Gasteiger partial charge in [-0.05, 0) is 30.7 Å². The van der Waals surface area contributed by atoms with Crippen molar-refractivity contribution >= 4 is 5.91 Å². The molecular weight excluding hydrogens is 238 g/mol. The third-order valence-electron chi connectivity index (χ3n) is 2.56. The summed E-state index contributed by atoms with van der Waals surface area (Å²) in [5.41, 5.74) is -0.427. The Labute approximate surface area is 106 Å². The fourth-order valence-electron chi connectivity index (χ4n) is 1.63. The minimum absolute atomic E-state index is 0.159. The van der Waals surface area contributed by atoms with Gasteiger partial charge in [0.15, 0.2) is 0 Å². The Morgan fingerprint density at radius 1 is 1.28 bits per heavy atom. The van der Waals surface area contributed by atoms with Gasteiger partial charge in [0.05, 0.1) is 5.56 Å². The van der Waals surface area contributed by atoms with Crippen molar-refractivity contribution in [3.63, 3.8) is 0 Å². The second-order valence-corrected chi connectivity index (χ2v) is 5.00. The first-order valence-corrected chi connectivity index (χ1v) is 5.73. The van der Waals surface area contributed by atoms with Crippen molar-refractivity contribution in [2.45, 2.75) is 13.8 Å². The summed E-state index contributed by atoms with van der Waals surface area (Å²) in [5, 5.41) is 5.61. The van der Waals surface area contributed by atoms with E-state index in [1.807, 2.05) is 20.9 Å². The van der Waals surface area contributed by atoms with Crippen molar-refractivity contribution in [2.24, 2.45) is 5.41 Å². The second kappa shape index (κ2) is 5.91. The molecule has 2 N–H and O–H groups in total. The van der Waals surface area contributed by atoms with Crippen molar-refractivity contribution in [1.82, 2.24) is 10.6 Å². The van der Waals surface area contributed by atoms with Gasteiger partial charge >= 0.3 is 0 Å². The van der Waals surface area contributed by atoms with E-state index in [1.54, 1.807) is 0 Å². The van der Waals surface area contributed by atoms with E-state index in [0.29, 0.717) is 13.1 Å². The third kappa shape index (κ3) is 4.07. The number of hydrogen-bond acceptors (Lipinski definition) is 2. The topological polar surface area (TPSA) is 41.1 Å². The first-order chi connectivity index (χ1) is 8.35. The van der Waals surface area contributed by atoms with Gasteiger partial charge in [-0.2, -0.15) is 0 Å². The van der Waals surface area contributed by atoms with Crippen LogP contribution < -0.4 is 10.6 Å². The molecule has 0 aromatic heterocycles. The predicted molar refractivity (Wildman–Crippen MR) is 66.4 cm³/mol. The highest BCUT2D eigenvalue weighted by Gasteiger charge is 2.19. The quantitative estimate of drug-likeness (QED) is 0.845. The predicted octanol–water partition coefficient (Wildman–Crippen LogP) is 1.94. The number of halogens is 2. The molecule has 0 spiro atoms. The highest BCUT2D eigenvalue weighted by atomic mass is 19.1. The van der Waals surface area contributed by atoms with Gasteiger partial charge in [-0.3, -0.25) is 4.79 Å². The molecular formula is C13H18F2N2O. The first-order valence-electron chi connectivity index (χ1n) is 5.73. The molecule has 3 nitrogen and oxygen atoms in total. The number of nitrogens with one attached hydrogen (secondary N) is 2. The lowest BCUT2D eigenvalue weighted by molar-refractivity contribution is 0.0932. The standard InChI is InChI=1S/C13H18F2N2O/c1-13(2,7-16-3)8-17-12(18)10-6-9(14)4-5-11(10)15/h4-6,16H,7-8H2,1-3H3,(H,17,18). The number of carbonyl (C=O) groups is 1. The Morgan fingerprint density at radius 3 is 2.56 bits per heavy atom. The molecule has 1 amide bonds. The van der Waals surface area contributed by atoms with Crippen LogP contribution in [0.5, 0.6) is 0 Å². The number of rotatable bonds is 5. The Morgan fingerprint density at radius 2 is 1.94 bits per heavy atom. The summed E-state index contributed by atoms with van der Waals surface area (Å²) in [6.07, 6.45) is 0. The van der Waals surface area contributed by atoms with Crippen LogP contribution >= 0.6 is 0 Å². The summed E-state index contributed by atoms with van der Waals surface area (Å²) in [7, 11) is 1.82. The summed E-state index contributed by atoms with van der Waals surface area (Å²) in [6, 6.07) is 2.83. The van der Waals surface area contributed by atoms with Gasteiger partial charge in [0, 0.05) is 13.1 Å². The fraction of sp³-hybridized carbons (Fsp3) is 0.462. The third-order valence-corrected chi connectivity index (χ3v) is 2.56. The molecule has 18 heavy (non-hydrogen) atoms. The van der Waals surface area contributed by atoms with Gasteiger partial charge in [0.1, 0.15) is 11.6 Å². The average Bonchev–Trinajstić information content (AvgIpc) is 2.29. The number of amides is 1. The van der Waals surface area contributed by atoms with Gasteiger partial charge in [0.25, 0.3) is 5.91 Å². The van der Waals surface area contributed by atoms with Crippen molar-refractivity contribution in [1.29, 1.82) is 0 Å². The molecule has 0 atom stereocenters. The molecule has 0 unspecified atom stereocenters. The maximum atomic E-state index is 13.3. The van der Waals surface area contributed by atoms with E-state index in [9.17, 15) is 13.6 Å². The van der Waals surface area contributed by atoms with Crippen LogP contribution in [0.2, 0.25) is 0 Å². The van der Waals surface area contributed by atoms with E-state index in [4.69, 9.17) is 0 Å². The highest BCUT2D eigenvalue weighted by molar-refractivity contribution is 5.94. The van der Waals surface area contributed by atoms with Gasteiger partial charge in [-0.25, -0.2) is 8.78 Å². The number of carbonyl (C=O) groups excluding carboxylic acids is 1. The molecule has 1 rings (SSSR count). The van der Waals surface area contributed by atoms with E-state index in [0.717, 1.165) is 18.2 Å². The molecule has 5 heteroatoms. The molecule has 1 aromatic rings. The molecule has 0 saturated carbocycles. The largest absolute Gasteiger partial charge is 0.351 e. The maximum Gasteiger partial charge on any atom is 0.254 e. The Kier molecular flexibility index (Phi) is 4.78. The Balaban J connectivity index is 2.69. The van der Waals surface area contributed by atoms with Gasteiger partial charge in [-0.1, -0.05) is 13.8 Å². The molecule has 0 aliphatic carbocycles. The Bertz CT molecular complexity index is 433. The number of hydrogen-bond donors (Lipinski definition) is 2. The number of benzene rings is 1. The zero-order chi connectivity index (χ0) is 13.8. The lowest BCUT2D eigenvalue weighted by Crippen LogP contribution is -2.39. The molecule has 0 saturated heterocycles. The van der Waals surface area contributed by atoms with Gasteiger partial charge < -0.3 is 10.6 Å². The van der Waals surface area contributed by atoms with E-state index in [1.165, 1.54) is 0 Å². The summed E-state index contributed by atoms with van der Waals surface area (Å²) < 4.78 is 26.3. The highest BCUT2D eigenvalue weighted by Crippen LogP contribution is 2.13. The monoisotopic (exact) mass is 256 g/mol. The molecule has 0 bridgehead atoms. The van der Waals surface area contributed by atoms with Gasteiger partial charge in [-0.15, -0.1) is 0 Å². The van der Waals surface area contributed by atoms with E-state index >= 15 is 0 Å². The van der Waals surface area contributed by atoms with E-state index < -0.39 is 17.5 Å². The van der Waals surface area contributed by atoms with Crippen LogP contribution in [0.25, 0.3) is 0 Å². The van der Waals surface area contributed by atoms with Crippen molar-refractivity contribution in [3.05, 3.63) is 35.4 Å². The van der Waals surface area contributed by atoms with Crippen LogP contribution in [-0.4, -0.2) is 26.0 Å². The first kappa shape index (κ1) is 14.6. The maximum absolute atomic E-state index is 13.3. The molecule has 0 radical (unpaired) electrons. The summed E-state index contributed by atoms with van der Waals surface area (Å²) in [6.45, 7) is 5.01. The van der Waals surface area contributed by atoms with Crippen LogP contribution in [-0.2, 0) is 0 Å². The van der Waals surface area contributed by atoms with Crippen molar-refractivity contribution in [2.75, 3.05) is 20.1 Å². The summed E-state index contributed by atoms with van der Waals surface area (Å²) in [4.78, 5) is 11.7.